The van der Waals surface area contributed by atoms with Crippen molar-refractivity contribution in [1.82, 2.24) is 20.1 Å². The number of benzene rings is 2. The molecule has 7 nitrogen and oxygen atoms in total. The fourth-order valence-corrected chi connectivity index (χ4v) is 4.07. The Morgan fingerprint density at radius 1 is 1.09 bits per heavy atom. The van der Waals surface area contributed by atoms with E-state index in [0.717, 1.165) is 22.4 Å². The van der Waals surface area contributed by atoms with E-state index in [1.807, 2.05) is 66.9 Å². The van der Waals surface area contributed by atoms with E-state index in [-0.39, 0.29) is 18.4 Å². The lowest BCUT2D eigenvalue weighted by atomic mass is 10.1. The normalized spacial score (nSPS) is 11.6. The number of carbonyl (C=O) groups is 2. The van der Waals surface area contributed by atoms with Crippen LogP contribution in [0.25, 0.3) is 11.4 Å². The van der Waals surface area contributed by atoms with Gasteiger partial charge in [0.15, 0.2) is 11.0 Å². The van der Waals surface area contributed by atoms with Gasteiger partial charge >= 0.3 is 0 Å². The highest BCUT2D eigenvalue weighted by Crippen LogP contribution is 2.27. The van der Waals surface area contributed by atoms with Crippen LogP contribution in [0.15, 0.2) is 66.3 Å². The summed E-state index contributed by atoms with van der Waals surface area (Å²) in [7, 11) is 0. The van der Waals surface area contributed by atoms with E-state index in [4.69, 9.17) is 0 Å². The molecule has 2 N–H and O–H groups in total. The molecule has 1 atom stereocenters. The molecule has 0 aliphatic heterocycles. The number of rotatable bonds is 9. The molecule has 2 aromatic carbocycles. The Hall–Kier alpha value is -3.39. The number of para-hydroxylation sites is 1. The fourth-order valence-electron chi connectivity index (χ4n) is 3.19. The van der Waals surface area contributed by atoms with Crippen molar-refractivity contribution < 1.29 is 9.59 Å². The number of carbonyl (C=O) groups excluding carboxylic acids is 2. The summed E-state index contributed by atoms with van der Waals surface area (Å²) in [5, 5.41) is 14.3. The SMILES string of the molecule is C=CCn1c(SC(C)C(=O)NCC(=O)Nc2c(C)cccc2C)nnc1-c1ccccc1. The minimum atomic E-state index is -0.459. The van der Waals surface area contributed by atoms with Crippen molar-refractivity contribution >= 4 is 29.3 Å². The summed E-state index contributed by atoms with van der Waals surface area (Å²) in [5.74, 6) is 0.198. The zero-order chi connectivity index (χ0) is 23.1. The van der Waals surface area contributed by atoms with Gasteiger partial charge < -0.3 is 10.6 Å². The molecule has 0 aliphatic carbocycles. The zero-order valence-electron chi connectivity index (χ0n) is 18.5. The van der Waals surface area contributed by atoms with Gasteiger partial charge in [-0.15, -0.1) is 16.8 Å². The van der Waals surface area contributed by atoms with Crippen LogP contribution in [0.5, 0.6) is 0 Å². The molecule has 2 amide bonds. The van der Waals surface area contributed by atoms with E-state index in [1.165, 1.54) is 11.8 Å². The maximum Gasteiger partial charge on any atom is 0.243 e. The van der Waals surface area contributed by atoms with Gasteiger partial charge in [0.25, 0.3) is 0 Å². The van der Waals surface area contributed by atoms with Crippen LogP contribution in [0.2, 0.25) is 0 Å². The Morgan fingerprint density at radius 2 is 1.78 bits per heavy atom. The van der Waals surface area contributed by atoms with E-state index in [2.05, 4.69) is 27.4 Å². The first-order chi connectivity index (χ1) is 15.4. The Labute approximate surface area is 192 Å². The number of nitrogens with zero attached hydrogens (tertiary/aromatic N) is 3. The lowest BCUT2D eigenvalue weighted by molar-refractivity contribution is -0.123. The molecule has 8 heteroatoms. The third-order valence-electron chi connectivity index (χ3n) is 4.88. The van der Waals surface area contributed by atoms with Crippen molar-refractivity contribution in [2.75, 3.05) is 11.9 Å². The number of aryl methyl sites for hydroxylation is 2. The number of hydrogen-bond acceptors (Lipinski definition) is 5. The minimum absolute atomic E-state index is 0.105. The van der Waals surface area contributed by atoms with Gasteiger partial charge in [0.1, 0.15) is 0 Å². The first kappa shape index (κ1) is 23.3. The maximum atomic E-state index is 12.6. The van der Waals surface area contributed by atoms with Crippen molar-refractivity contribution in [1.29, 1.82) is 0 Å². The predicted octanol–water partition coefficient (Wildman–Crippen LogP) is 3.98. The minimum Gasteiger partial charge on any atom is -0.346 e. The second-order valence-corrected chi connectivity index (χ2v) is 8.67. The number of nitrogens with one attached hydrogen (secondary N) is 2. The molecule has 1 aromatic heterocycles. The number of amides is 2. The molecule has 0 fully saturated rings. The molecule has 1 heterocycles. The monoisotopic (exact) mass is 449 g/mol. The van der Waals surface area contributed by atoms with Crippen molar-refractivity contribution in [2.45, 2.75) is 37.7 Å². The van der Waals surface area contributed by atoms with Crippen LogP contribution in [-0.4, -0.2) is 38.4 Å². The first-order valence-corrected chi connectivity index (χ1v) is 11.2. The van der Waals surface area contributed by atoms with Crippen LogP contribution in [0.3, 0.4) is 0 Å². The Balaban J connectivity index is 1.61. The van der Waals surface area contributed by atoms with Gasteiger partial charge in [0.2, 0.25) is 11.8 Å². The molecule has 0 radical (unpaired) electrons. The first-order valence-electron chi connectivity index (χ1n) is 10.3. The molecular formula is C24H27N5O2S. The molecule has 0 aliphatic rings. The van der Waals surface area contributed by atoms with E-state index < -0.39 is 5.25 Å². The number of allylic oxidation sites excluding steroid dienone is 1. The summed E-state index contributed by atoms with van der Waals surface area (Å²) in [6, 6.07) is 15.5. The van der Waals surface area contributed by atoms with Crippen LogP contribution < -0.4 is 10.6 Å². The summed E-state index contributed by atoms with van der Waals surface area (Å²) >= 11 is 1.29. The highest BCUT2D eigenvalue weighted by atomic mass is 32.2. The van der Waals surface area contributed by atoms with Crippen molar-refractivity contribution in [3.05, 3.63) is 72.3 Å². The third kappa shape index (κ3) is 5.64. The number of anilines is 1. The summed E-state index contributed by atoms with van der Waals surface area (Å²) < 4.78 is 1.92. The van der Waals surface area contributed by atoms with Gasteiger partial charge in [0, 0.05) is 17.8 Å². The highest BCUT2D eigenvalue weighted by Gasteiger charge is 2.21. The van der Waals surface area contributed by atoms with Gasteiger partial charge in [-0.25, -0.2) is 0 Å². The van der Waals surface area contributed by atoms with Gasteiger partial charge in [-0.3, -0.25) is 14.2 Å². The largest absolute Gasteiger partial charge is 0.346 e. The highest BCUT2D eigenvalue weighted by molar-refractivity contribution is 8.00. The van der Waals surface area contributed by atoms with Gasteiger partial charge in [-0.05, 0) is 31.9 Å². The number of thioether (sulfide) groups is 1. The average molecular weight is 450 g/mol. The number of aromatic nitrogens is 3. The van der Waals surface area contributed by atoms with Crippen LogP contribution in [0.1, 0.15) is 18.1 Å². The van der Waals surface area contributed by atoms with Crippen LogP contribution in [0.4, 0.5) is 5.69 Å². The van der Waals surface area contributed by atoms with E-state index in [9.17, 15) is 9.59 Å². The van der Waals surface area contributed by atoms with Crippen LogP contribution >= 0.6 is 11.8 Å². The molecule has 166 valence electrons. The third-order valence-corrected chi connectivity index (χ3v) is 5.96. The lowest BCUT2D eigenvalue weighted by Crippen LogP contribution is -2.37. The zero-order valence-corrected chi connectivity index (χ0v) is 19.3. The topological polar surface area (TPSA) is 88.9 Å². The quantitative estimate of drug-likeness (QED) is 0.381. The van der Waals surface area contributed by atoms with Crippen molar-refractivity contribution in [3.8, 4) is 11.4 Å². The van der Waals surface area contributed by atoms with Crippen LogP contribution in [-0.2, 0) is 16.1 Å². The van der Waals surface area contributed by atoms with Gasteiger partial charge in [0.05, 0.1) is 11.8 Å². The molecule has 0 bridgehead atoms. The molecule has 32 heavy (non-hydrogen) atoms. The Kier molecular flexibility index (Phi) is 7.83. The molecule has 1 unspecified atom stereocenters. The Bertz CT molecular complexity index is 1090. The molecular weight excluding hydrogens is 422 g/mol. The predicted molar refractivity (Wildman–Crippen MR) is 129 cm³/mol. The van der Waals surface area contributed by atoms with Crippen molar-refractivity contribution in [2.24, 2.45) is 0 Å². The molecule has 0 saturated heterocycles. The summed E-state index contributed by atoms with van der Waals surface area (Å²) in [4.78, 5) is 24.9. The Morgan fingerprint density at radius 3 is 2.44 bits per heavy atom. The molecule has 0 spiro atoms. The van der Waals surface area contributed by atoms with Gasteiger partial charge in [-0.1, -0.05) is 66.4 Å². The molecule has 3 rings (SSSR count). The average Bonchev–Trinajstić information content (AvgIpc) is 3.17. The second kappa shape index (κ2) is 10.8. The summed E-state index contributed by atoms with van der Waals surface area (Å²) in [5.41, 5.74) is 3.67. The molecule has 3 aromatic rings. The smallest absolute Gasteiger partial charge is 0.243 e. The number of hydrogen-bond donors (Lipinski definition) is 2. The lowest BCUT2D eigenvalue weighted by Gasteiger charge is -2.14. The second-order valence-electron chi connectivity index (χ2n) is 7.36. The molecule has 0 saturated carbocycles. The summed E-state index contributed by atoms with van der Waals surface area (Å²) in [6.07, 6.45) is 1.77. The maximum absolute atomic E-state index is 12.6. The van der Waals surface area contributed by atoms with E-state index in [0.29, 0.717) is 17.5 Å². The summed E-state index contributed by atoms with van der Waals surface area (Å²) in [6.45, 7) is 9.87. The van der Waals surface area contributed by atoms with E-state index >= 15 is 0 Å². The standard InChI is InChI=1S/C24H27N5O2S/c1-5-14-29-22(19-12-7-6-8-13-19)27-28-24(29)32-18(4)23(31)25-15-20(30)26-21-16(2)10-9-11-17(21)3/h5-13,18H,1,14-15H2,2-4H3,(H,25,31)(H,26,30). The van der Waals surface area contributed by atoms with Crippen molar-refractivity contribution in [3.63, 3.8) is 0 Å². The van der Waals surface area contributed by atoms with E-state index in [1.54, 1.807) is 13.0 Å². The fraction of sp³-hybridized carbons (Fsp3) is 0.250. The van der Waals surface area contributed by atoms with Crippen LogP contribution in [0, 0.1) is 13.8 Å². The van der Waals surface area contributed by atoms with Gasteiger partial charge in [-0.2, -0.15) is 0 Å².